The summed E-state index contributed by atoms with van der Waals surface area (Å²) in [6, 6.07) is 6.33. The minimum absolute atomic E-state index is 0.246. The summed E-state index contributed by atoms with van der Waals surface area (Å²) in [7, 11) is 0. The Labute approximate surface area is 181 Å². The van der Waals surface area contributed by atoms with E-state index in [1.54, 1.807) is 4.90 Å². The third kappa shape index (κ3) is 4.96. The van der Waals surface area contributed by atoms with Crippen molar-refractivity contribution < 1.29 is 18.8 Å². The van der Waals surface area contributed by atoms with Gasteiger partial charge in [0.15, 0.2) is 0 Å². The first-order valence-corrected chi connectivity index (χ1v) is 10.4. The number of carbonyl (C=O) groups excluding carboxylic acids is 1. The van der Waals surface area contributed by atoms with Gasteiger partial charge in [0.1, 0.15) is 5.60 Å². The first-order valence-electron chi connectivity index (χ1n) is 10.4. The molecule has 0 aliphatic carbocycles. The highest BCUT2D eigenvalue weighted by Gasteiger charge is 2.28. The maximum atomic E-state index is 12.2. The Morgan fingerprint density at radius 1 is 1.26 bits per heavy atom. The molecular weight excluding hydrogens is 400 g/mol. The van der Waals surface area contributed by atoms with Crippen LogP contribution in [0.15, 0.2) is 22.7 Å². The molecule has 0 spiro atoms. The van der Waals surface area contributed by atoms with Gasteiger partial charge < -0.3 is 34.5 Å². The lowest BCUT2D eigenvalue weighted by Gasteiger charge is -2.34. The minimum atomic E-state index is -0.512. The zero-order valence-corrected chi connectivity index (χ0v) is 18.1. The van der Waals surface area contributed by atoms with Crippen LogP contribution in [0.2, 0.25) is 0 Å². The average molecular weight is 428 g/mol. The van der Waals surface area contributed by atoms with Gasteiger partial charge in [-0.25, -0.2) is 4.79 Å². The highest BCUT2D eigenvalue weighted by molar-refractivity contribution is 5.87. The second-order valence-corrected chi connectivity index (χ2v) is 8.68. The molecule has 2 N–H and O–H groups in total. The number of aromatic nitrogens is 2. The molecule has 2 aliphatic heterocycles. The summed E-state index contributed by atoms with van der Waals surface area (Å²) < 4.78 is 16.1. The Balaban J connectivity index is 1.41. The summed E-state index contributed by atoms with van der Waals surface area (Å²) in [5.41, 5.74) is 1.92. The van der Waals surface area contributed by atoms with Crippen LogP contribution in [0.5, 0.6) is 0 Å². The van der Waals surface area contributed by atoms with Crippen LogP contribution in [0.25, 0.3) is 11.4 Å². The van der Waals surface area contributed by atoms with E-state index in [-0.39, 0.29) is 12.1 Å². The molecular formula is C21H28N6O4. The molecule has 0 saturated carbocycles. The number of piperazine rings is 1. The van der Waals surface area contributed by atoms with Gasteiger partial charge in [-0.1, -0.05) is 17.3 Å². The quantitative estimate of drug-likeness (QED) is 0.698. The molecule has 10 heteroatoms. The van der Waals surface area contributed by atoms with Gasteiger partial charge in [0.05, 0.1) is 19.3 Å². The molecule has 1 amide bonds. The van der Waals surface area contributed by atoms with E-state index in [1.165, 1.54) is 6.21 Å². The van der Waals surface area contributed by atoms with E-state index in [9.17, 15) is 4.79 Å². The van der Waals surface area contributed by atoms with Crippen LogP contribution in [-0.2, 0) is 9.47 Å². The van der Waals surface area contributed by atoms with Crippen LogP contribution in [-0.4, -0.2) is 78.4 Å². The number of carbonyl (C=O) groups is 1. The monoisotopic (exact) mass is 428 g/mol. The number of anilines is 2. The maximum absolute atomic E-state index is 12.2. The molecule has 166 valence electrons. The van der Waals surface area contributed by atoms with Crippen molar-refractivity contribution in [1.29, 1.82) is 5.41 Å². The summed E-state index contributed by atoms with van der Waals surface area (Å²) in [6.07, 6.45) is 1.01. The molecule has 10 nitrogen and oxygen atoms in total. The summed E-state index contributed by atoms with van der Waals surface area (Å²) in [6.45, 7) is 9.11. The van der Waals surface area contributed by atoms with Gasteiger partial charge in [-0.05, 0) is 26.8 Å². The molecule has 0 atom stereocenters. The van der Waals surface area contributed by atoms with Crippen molar-refractivity contribution in [3.05, 3.63) is 23.8 Å². The van der Waals surface area contributed by atoms with Gasteiger partial charge in [0, 0.05) is 49.2 Å². The molecule has 4 rings (SSSR count). The van der Waals surface area contributed by atoms with E-state index in [0.29, 0.717) is 51.2 Å². The Morgan fingerprint density at radius 2 is 2.00 bits per heavy atom. The van der Waals surface area contributed by atoms with Crippen molar-refractivity contribution in [2.45, 2.75) is 32.4 Å². The lowest BCUT2D eigenvalue weighted by atomic mass is 10.1. The molecule has 2 aromatic rings. The summed E-state index contributed by atoms with van der Waals surface area (Å²) in [5, 5.41) is 15.1. The first kappa shape index (κ1) is 21.1. The van der Waals surface area contributed by atoms with Crippen LogP contribution in [0.1, 0.15) is 26.3 Å². The third-order valence-electron chi connectivity index (χ3n) is 5.08. The Morgan fingerprint density at radius 3 is 2.61 bits per heavy atom. The van der Waals surface area contributed by atoms with Gasteiger partial charge >= 0.3 is 12.1 Å². The molecule has 1 aromatic heterocycles. The predicted molar refractivity (Wildman–Crippen MR) is 116 cm³/mol. The predicted octanol–water partition coefficient (Wildman–Crippen LogP) is 2.60. The van der Waals surface area contributed by atoms with Crippen molar-refractivity contribution in [3.63, 3.8) is 0 Å². The highest BCUT2D eigenvalue weighted by atomic mass is 16.6. The molecule has 0 radical (unpaired) electrons. The standard InChI is InChI=1S/C21H28N6O4/c1-21(2,3)30-20(28)27-8-6-26(7-9-27)19-24-18(25-31-19)14-4-5-15(11-22)17(10-14)23-16-12-29-13-16/h4-5,10-11,16,22-23H,6-9,12-13H2,1-3H3. The van der Waals surface area contributed by atoms with E-state index in [4.69, 9.17) is 19.4 Å². The van der Waals surface area contributed by atoms with E-state index >= 15 is 0 Å². The van der Waals surface area contributed by atoms with Crippen molar-refractivity contribution in [2.75, 3.05) is 49.6 Å². The number of rotatable bonds is 5. The zero-order chi connectivity index (χ0) is 22.0. The van der Waals surface area contributed by atoms with Crippen molar-refractivity contribution in [3.8, 4) is 11.4 Å². The molecule has 31 heavy (non-hydrogen) atoms. The number of benzene rings is 1. The summed E-state index contributed by atoms with van der Waals surface area (Å²) >= 11 is 0. The molecule has 2 saturated heterocycles. The van der Waals surface area contributed by atoms with E-state index in [1.807, 2.05) is 43.9 Å². The average Bonchev–Trinajstić information content (AvgIpc) is 3.19. The van der Waals surface area contributed by atoms with Gasteiger partial charge in [0.2, 0.25) is 5.82 Å². The van der Waals surface area contributed by atoms with Crippen LogP contribution in [0.3, 0.4) is 0 Å². The zero-order valence-electron chi connectivity index (χ0n) is 18.1. The van der Waals surface area contributed by atoms with Gasteiger partial charge in [-0.2, -0.15) is 4.98 Å². The molecule has 2 fully saturated rings. The second kappa shape index (κ2) is 8.54. The first-order chi connectivity index (χ1) is 14.8. The fraction of sp³-hybridized carbons (Fsp3) is 0.524. The number of hydrogen-bond donors (Lipinski definition) is 2. The highest BCUT2D eigenvalue weighted by Crippen LogP contribution is 2.26. The number of nitrogens with zero attached hydrogens (tertiary/aromatic N) is 4. The lowest BCUT2D eigenvalue weighted by molar-refractivity contribution is 0.0211. The van der Waals surface area contributed by atoms with E-state index in [0.717, 1.165) is 16.8 Å². The van der Waals surface area contributed by atoms with Crippen LogP contribution < -0.4 is 10.2 Å². The van der Waals surface area contributed by atoms with E-state index < -0.39 is 5.60 Å². The van der Waals surface area contributed by atoms with Crippen molar-refractivity contribution >= 4 is 24.0 Å². The maximum Gasteiger partial charge on any atom is 0.410 e. The number of amides is 1. The Bertz CT molecular complexity index is 942. The minimum Gasteiger partial charge on any atom is -0.444 e. The largest absolute Gasteiger partial charge is 0.444 e. The van der Waals surface area contributed by atoms with Crippen LogP contribution in [0.4, 0.5) is 16.5 Å². The Hall–Kier alpha value is -3.14. The molecule has 2 aliphatic rings. The normalized spacial score (nSPS) is 17.3. The fourth-order valence-electron chi connectivity index (χ4n) is 3.35. The summed E-state index contributed by atoms with van der Waals surface area (Å²) in [4.78, 5) is 20.4. The number of nitrogens with one attached hydrogen (secondary N) is 2. The van der Waals surface area contributed by atoms with Gasteiger partial charge in [-0.3, -0.25) is 0 Å². The Kier molecular flexibility index (Phi) is 5.81. The van der Waals surface area contributed by atoms with E-state index in [2.05, 4.69) is 15.5 Å². The molecule has 3 heterocycles. The van der Waals surface area contributed by atoms with Crippen LogP contribution in [0, 0.1) is 5.41 Å². The second-order valence-electron chi connectivity index (χ2n) is 8.68. The SMILES string of the molecule is CC(C)(C)OC(=O)N1CCN(c2nc(-c3ccc(C=N)c(NC4COC4)c3)no2)CC1. The van der Waals surface area contributed by atoms with Crippen LogP contribution >= 0.6 is 0 Å². The molecule has 0 unspecified atom stereocenters. The fourth-order valence-corrected chi connectivity index (χ4v) is 3.35. The molecule has 0 bridgehead atoms. The number of hydrogen-bond acceptors (Lipinski definition) is 9. The van der Waals surface area contributed by atoms with Crippen molar-refractivity contribution in [2.24, 2.45) is 0 Å². The smallest absolute Gasteiger partial charge is 0.410 e. The molecule has 1 aromatic carbocycles. The van der Waals surface area contributed by atoms with Gasteiger partial charge in [0.25, 0.3) is 0 Å². The van der Waals surface area contributed by atoms with Gasteiger partial charge in [-0.15, -0.1) is 0 Å². The topological polar surface area (TPSA) is 117 Å². The summed E-state index contributed by atoms with van der Waals surface area (Å²) in [5.74, 6) is 0.481. The third-order valence-corrected chi connectivity index (χ3v) is 5.08. The van der Waals surface area contributed by atoms with Crippen molar-refractivity contribution in [1.82, 2.24) is 15.0 Å². The number of ether oxygens (including phenoxy) is 2. The lowest BCUT2D eigenvalue weighted by Crippen LogP contribution is -2.50.